The molecule has 0 saturated carbocycles. The highest BCUT2D eigenvalue weighted by Crippen LogP contribution is 2.24. The maximum atomic E-state index is 4.04. The zero-order valence-corrected chi connectivity index (χ0v) is 12.0. The van der Waals surface area contributed by atoms with Crippen molar-refractivity contribution in [2.24, 2.45) is 0 Å². The molecule has 1 unspecified atom stereocenters. The monoisotopic (exact) mass is 344 g/mol. The third-order valence-electron chi connectivity index (χ3n) is 2.53. The van der Waals surface area contributed by atoms with Crippen molar-refractivity contribution in [3.8, 4) is 0 Å². The van der Waals surface area contributed by atoms with Crippen LogP contribution in [0.1, 0.15) is 17.2 Å². The summed E-state index contributed by atoms with van der Waals surface area (Å²) in [6, 6.07) is 6.78. The fraction of sp³-hybridized carbons (Fsp3) is 0.250. The summed E-state index contributed by atoms with van der Waals surface area (Å²) in [6.45, 7) is 0. The number of pyridine rings is 1. The van der Waals surface area contributed by atoms with Crippen LogP contribution in [0.2, 0.25) is 0 Å². The first-order chi connectivity index (χ1) is 7.79. The molecule has 4 heteroatoms. The Kier molecular flexibility index (Phi) is 4.31. The third-order valence-corrected chi connectivity index (χ3v) is 4.33. The predicted octanol–water partition coefficient (Wildman–Crippen LogP) is 3.25. The molecular formula is C12H13IN2S. The van der Waals surface area contributed by atoms with E-state index in [-0.39, 0.29) is 0 Å². The minimum absolute atomic E-state index is 0.391. The molecule has 0 aliphatic carbocycles. The van der Waals surface area contributed by atoms with E-state index in [1.54, 1.807) is 11.3 Å². The number of nitrogens with one attached hydrogen (secondary N) is 1. The van der Waals surface area contributed by atoms with E-state index in [0.717, 1.165) is 6.42 Å². The normalized spacial score (nSPS) is 12.6. The van der Waals surface area contributed by atoms with Crippen LogP contribution >= 0.6 is 33.9 Å². The molecule has 2 aromatic heterocycles. The lowest BCUT2D eigenvalue weighted by Crippen LogP contribution is -2.18. The van der Waals surface area contributed by atoms with Gasteiger partial charge in [-0.15, -0.1) is 11.3 Å². The summed E-state index contributed by atoms with van der Waals surface area (Å²) < 4.78 is 1.34. The Morgan fingerprint density at radius 1 is 1.44 bits per heavy atom. The quantitative estimate of drug-likeness (QED) is 0.862. The molecule has 0 radical (unpaired) electrons. The Labute approximate surface area is 113 Å². The molecule has 0 aliphatic heterocycles. The largest absolute Gasteiger partial charge is 0.313 e. The smallest absolute Gasteiger partial charge is 0.0656 e. The summed E-state index contributed by atoms with van der Waals surface area (Å²) in [6.07, 6.45) is 4.70. The fourth-order valence-corrected chi connectivity index (χ4v) is 3.07. The first kappa shape index (κ1) is 12.0. The summed E-state index contributed by atoms with van der Waals surface area (Å²) in [5.74, 6) is 0. The average Bonchev–Trinajstić information content (AvgIpc) is 2.74. The van der Waals surface area contributed by atoms with Gasteiger partial charge in [0, 0.05) is 18.4 Å². The molecule has 0 saturated heterocycles. The zero-order chi connectivity index (χ0) is 11.4. The first-order valence-electron chi connectivity index (χ1n) is 5.09. The minimum Gasteiger partial charge on any atom is -0.313 e. The van der Waals surface area contributed by atoms with Crippen LogP contribution in [-0.4, -0.2) is 12.0 Å². The van der Waals surface area contributed by atoms with Gasteiger partial charge in [-0.1, -0.05) is 0 Å². The summed E-state index contributed by atoms with van der Waals surface area (Å²) >= 11 is 4.16. The maximum absolute atomic E-state index is 4.04. The van der Waals surface area contributed by atoms with Crippen LogP contribution in [0.3, 0.4) is 0 Å². The predicted molar refractivity (Wildman–Crippen MR) is 76.8 cm³/mol. The zero-order valence-electron chi connectivity index (χ0n) is 8.98. The summed E-state index contributed by atoms with van der Waals surface area (Å²) in [5, 5.41) is 5.59. The van der Waals surface area contributed by atoms with Gasteiger partial charge in [0.2, 0.25) is 0 Å². The molecule has 2 heterocycles. The molecule has 2 aromatic rings. The van der Waals surface area contributed by atoms with Gasteiger partial charge < -0.3 is 5.32 Å². The van der Waals surface area contributed by atoms with Crippen LogP contribution in [0.15, 0.2) is 36.0 Å². The van der Waals surface area contributed by atoms with Crippen LogP contribution in [0.25, 0.3) is 0 Å². The van der Waals surface area contributed by atoms with Crippen molar-refractivity contribution in [3.05, 3.63) is 50.0 Å². The maximum Gasteiger partial charge on any atom is 0.0656 e. The number of nitrogens with zero attached hydrogens (tertiary/aromatic N) is 1. The third kappa shape index (κ3) is 3.02. The van der Waals surface area contributed by atoms with Crippen molar-refractivity contribution in [1.29, 1.82) is 0 Å². The van der Waals surface area contributed by atoms with Gasteiger partial charge in [-0.2, -0.15) is 0 Å². The van der Waals surface area contributed by atoms with Crippen LogP contribution in [0.4, 0.5) is 0 Å². The van der Waals surface area contributed by atoms with Crippen LogP contribution in [0.5, 0.6) is 0 Å². The van der Waals surface area contributed by atoms with E-state index in [1.807, 2.05) is 19.4 Å². The van der Waals surface area contributed by atoms with Gasteiger partial charge in [0.25, 0.3) is 0 Å². The van der Waals surface area contributed by atoms with E-state index in [0.29, 0.717) is 6.04 Å². The molecule has 0 aromatic carbocycles. The highest BCUT2D eigenvalue weighted by Gasteiger charge is 2.11. The Morgan fingerprint density at radius 3 is 2.75 bits per heavy atom. The molecule has 2 rings (SSSR count). The fourth-order valence-electron chi connectivity index (χ4n) is 1.65. The molecule has 0 spiro atoms. The number of thiophene rings is 1. The molecule has 2 nitrogen and oxygen atoms in total. The van der Waals surface area contributed by atoms with E-state index in [2.05, 4.69) is 56.5 Å². The van der Waals surface area contributed by atoms with E-state index in [9.17, 15) is 0 Å². The Morgan fingerprint density at radius 2 is 2.19 bits per heavy atom. The minimum atomic E-state index is 0.391. The number of halogens is 1. The number of hydrogen-bond acceptors (Lipinski definition) is 3. The van der Waals surface area contributed by atoms with E-state index >= 15 is 0 Å². The van der Waals surface area contributed by atoms with Crippen molar-refractivity contribution in [2.45, 2.75) is 12.5 Å². The van der Waals surface area contributed by atoms with Gasteiger partial charge in [-0.05, 0) is 70.8 Å². The van der Waals surface area contributed by atoms with E-state index in [1.165, 1.54) is 14.0 Å². The van der Waals surface area contributed by atoms with Gasteiger partial charge in [0.15, 0.2) is 0 Å². The van der Waals surface area contributed by atoms with E-state index < -0.39 is 0 Å². The van der Waals surface area contributed by atoms with Crippen LogP contribution in [0, 0.1) is 2.88 Å². The molecular weight excluding hydrogens is 331 g/mol. The van der Waals surface area contributed by atoms with Crippen molar-refractivity contribution in [1.82, 2.24) is 10.3 Å². The topological polar surface area (TPSA) is 24.9 Å². The first-order valence-corrected chi connectivity index (χ1v) is 7.05. The molecule has 0 fully saturated rings. The Bertz CT molecular complexity index is 441. The molecule has 0 aliphatic rings. The highest BCUT2D eigenvalue weighted by molar-refractivity contribution is 14.1. The molecule has 16 heavy (non-hydrogen) atoms. The van der Waals surface area contributed by atoms with Gasteiger partial charge in [0.1, 0.15) is 0 Å². The molecule has 1 N–H and O–H groups in total. The Hall–Kier alpha value is -0.460. The van der Waals surface area contributed by atoms with Gasteiger partial charge in [-0.25, -0.2) is 0 Å². The molecule has 0 bridgehead atoms. The van der Waals surface area contributed by atoms with Gasteiger partial charge in [0.05, 0.1) is 2.88 Å². The Balaban J connectivity index is 2.12. The van der Waals surface area contributed by atoms with Crippen LogP contribution in [-0.2, 0) is 6.42 Å². The standard InChI is InChI=1S/C12H13IN2S/c1-14-11(10-7-12(13)16-8-10)6-9-2-4-15-5-3-9/h2-5,7-8,11,14H,6H2,1H3. The van der Waals surface area contributed by atoms with Gasteiger partial charge >= 0.3 is 0 Å². The number of aromatic nitrogens is 1. The SMILES string of the molecule is CNC(Cc1ccncc1)c1csc(I)c1. The lowest BCUT2D eigenvalue weighted by molar-refractivity contribution is 0.593. The van der Waals surface area contributed by atoms with Crippen LogP contribution < -0.4 is 5.32 Å². The lowest BCUT2D eigenvalue weighted by atomic mass is 10.0. The number of likely N-dealkylation sites (N-methyl/N-ethyl adjacent to an activating group) is 1. The lowest BCUT2D eigenvalue weighted by Gasteiger charge is -2.14. The molecule has 1 atom stereocenters. The number of rotatable bonds is 4. The average molecular weight is 344 g/mol. The van der Waals surface area contributed by atoms with Crippen molar-refractivity contribution in [2.75, 3.05) is 7.05 Å². The van der Waals surface area contributed by atoms with Crippen molar-refractivity contribution >= 4 is 33.9 Å². The summed E-state index contributed by atoms with van der Waals surface area (Å²) in [5.41, 5.74) is 2.68. The van der Waals surface area contributed by atoms with E-state index in [4.69, 9.17) is 0 Å². The second kappa shape index (κ2) is 5.75. The van der Waals surface area contributed by atoms with Crippen molar-refractivity contribution < 1.29 is 0 Å². The molecule has 84 valence electrons. The summed E-state index contributed by atoms with van der Waals surface area (Å²) in [7, 11) is 2.01. The number of hydrogen-bond donors (Lipinski definition) is 1. The summed E-state index contributed by atoms with van der Waals surface area (Å²) in [4.78, 5) is 4.04. The van der Waals surface area contributed by atoms with Gasteiger partial charge in [-0.3, -0.25) is 4.98 Å². The van der Waals surface area contributed by atoms with Crippen molar-refractivity contribution in [3.63, 3.8) is 0 Å². The second-order valence-electron chi connectivity index (χ2n) is 3.58. The second-order valence-corrected chi connectivity index (χ2v) is 6.39. The highest BCUT2D eigenvalue weighted by atomic mass is 127. The molecule has 0 amide bonds.